The van der Waals surface area contributed by atoms with Crippen molar-refractivity contribution in [1.29, 1.82) is 0 Å². The molecule has 4 N–H and O–H groups in total. The molecule has 2 atom stereocenters. The number of hydrogen-bond acceptors (Lipinski definition) is 3. The first-order valence-corrected chi connectivity index (χ1v) is 4.87. The number of amides is 1. The molecule has 82 valence electrons. The highest BCUT2D eigenvalue weighted by Gasteiger charge is 2.17. The van der Waals surface area contributed by atoms with Gasteiger partial charge in [0, 0.05) is 0 Å². The zero-order chi connectivity index (χ0) is 11.3. The van der Waals surface area contributed by atoms with Crippen LogP contribution in [-0.2, 0) is 4.79 Å². The minimum Gasteiger partial charge on any atom is -0.386 e. The van der Waals surface area contributed by atoms with Crippen LogP contribution >= 0.6 is 0 Å². The lowest BCUT2D eigenvalue weighted by Gasteiger charge is -2.20. The molecule has 0 aliphatic heterocycles. The van der Waals surface area contributed by atoms with Crippen LogP contribution in [0.4, 0.5) is 0 Å². The molecule has 0 saturated heterocycles. The van der Waals surface area contributed by atoms with Gasteiger partial charge in [0.1, 0.15) is 0 Å². The largest absolute Gasteiger partial charge is 0.386 e. The Balaban J connectivity index is 2.61. The fourth-order valence-corrected chi connectivity index (χ4v) is 1.33. The summed E-state index contributed by atoms with van der Waals surface area (Å²) in [5, 5.41) is 12.5. The highest BCUT2D eigenvalue weighted by molar-refractivity contribution is 5.78. The molecular formula is C11H16N2O2. The van der Waals surface area contributed by atoms with Crippen molar-refractivity contribution in [2.24, 2.45) is 5.73 Å². The third-order valence-corrected chi connectivity index (χ3v) is 2.19. The van der Waals surface area contributed by atoms with Crippen molar-refractivity contribution in [1.82, 2.24) is 5.32 Å². The molecule has 15 heavy (non-hydrogen) atoms. The van der Waals surface area contributed by atoms with Crippen LogP contribution in [0.3, 0.4) is 0 Å². The first kappa shape index (κ1) is 11.7. The van der Waals surface area contributed by atoms with Gasteiger partial charge in [0.05, 0.1) is 18.7 Å². The summed E-state index contributed by atoms with van der Waals surface area (Å²) in [6.45, 7) is 1.68. The van der Waals surface area contributed by atoms with E-state index in [2.05, 4.69) is 5.32 Å². The monoisotopic (exact) mass is 208 g/mol. The predicted molar refractivity (Wildman–Crippen MR) is 58.1 cm³/mol. The van der Waals surface area contributed by atoms with Crippen molar-refractivity contribution in [2.75, 3.05) is 6.54 Å². The Labute approximate surface area is 89.1 Å². The summed E-state index contributed by atoms with van der Waals surface area (Å²) in [6.07, 6.45) is -0.707. The van der Waals surface area contributed by atoms with Crippen LogP contribution in [0.25, 0.3) is 0 Å². The molecule has 0 bridgehead atoms. The maximum absolute atomic E-state index is 11.0. The van der Waals surface area contributed by atoms with Gasteiger partial charge < -0.3 is 16.2 Å². The standard InChI is InChI=1S/C11H16N2O2/c1-8(13-10(14)7-12)11(15)9-5-3-2-4-6-9/h2-6,8,11,15H,7,12H2,1H3,(H,13,14)/t8-,11+/m1/s1. The van der Waals surface area contributed by atoms with E-state index in [9.17, 15) is 9.90 Å². The molecule has 1 amide bonds. The van der Waals surface area contributed by atoms with E-state index in [0.29, 0.717) is 0 Å². The Hall–Kier alpha value is -1.39. The van der Waals surface area contributed by atoms with Gasteiger partial charge in [-0.2, -0.15) is 0 Å². The molecule has 0 radical (unpaired) electrons. The zero-order valence-corrected chi connectivity index (χ0v) is 8.68. The third kappa shape index (κ3) is 3.34. The Bertz CT molecular complexity index is 314. The first-order valence-electron chi connectivity index (χ1n) is 4.87. The Kier molecular flexibility index (Phi) is 4.27. The van der Waals surface area contributed by atoms with Gasteiger partial charge in [-0.05, 0) is 12.5 Å². The van der Waals surface area contributed by atoms with Crippen molar-refractivity contribution in [3.05, 3.63) is 35.9 Å². The van der Waals surface area contributed by atoms with Crippen LogP contribution < -0.4 is 11.1 Å². The number of hydrogen-bond donors (Lipinski definition) is 3. The third-order valence-electron chi connectivity index (χ3n) is 2.19. The molecule has 0 unspecified atom stereocenters. The van der Waals surface area contributed by atoms with Crippen LogP contribution in [0.15, 0.2) is 30.3 Å². The lowest BCUT2D eigenvalue weighted by molar-refractivity contribution is -0.121. The minimum atomic E-state index is -0.707. The molecule has 0 aromatic heterocycles. The van der Waals surface area contributed by atoms with Crippen molar-refractivity contribution < 1.29 is 9.90 Å². The molecular weight excluding hydrogens is 192 g/mol. The van der Waals surface area contributed by atoms with Gasteiger partial charge in [0.25, 0.3) is 0 Å². The van der Waals surface area contributed by atoms with Crippen LogP contribution in [0, 0.1) is 0 Å². The number of aliphatic hydroxyl groups excluding tert-OH is 1. The van der Waals surface area contributed by atoms with E-state index >= 15 is 0 Å². The lowest BCUT2D eigenvalue weighted by Crippen LogP contribution is -2.40. The second-order valence-electron chi connectivity index (χ2n) is 3.42. The van der Waals surface area contributed by atoms with Crippen molar-refractivity contribution >= 4 is 5.91 Å². The van der Waals surface area contributed by atoms with Crippen LogP contribution in [0.2, 0.25) is 0 Å². The van der Waals surface area contributed by atoms with Crippen molar-refractivity contribution in [3.8, 4) is 0 Å². The molecule has 0 spiro atoms. The number of rotatable bonds is 4. The molecule has 0 heterocycles. The lowest BCUT2D eigenvalue weighted by atomic mass is 10.0. The number of carbonyl (C=O) groups is 1. The molecule has 4 nitrogen and oxygen atoms in total. The number of aliphatic hydroxyl groups is 1. The maximum atomic E-state index is 11.0. The van der Waals surface area contributed by atoms with E-state index in [1.807, 2.05) is 30.3 Å². The Morgan fingerprint density at radius 1 is 1.47 bits per heavy atom. The van der Waals surface area contributed by atoms with E-state index in [4.69, 9.17) is 5.73 Å². The highest BCUT2D eigenvalue weighted by atomic mass is 16.3. The average Bonchev–Trinajstić information content (AvgIpc) is 2.29. The van der Waals surface area contributed by atoms with Gasteiger partial charge in [-0.25, -0.2) is 0 Å². The van der Waals surface area contributed by atoms with Gasteiger partial charge in [0.2, 0.25) is 5.91 Å². The van der Waals surface area contributed by atoms with E-state index in [1.54, 1.807) is 6.92 Å². The molecule has 0 aliphatic carbocycles. The second kappa shape index (κ2) is 5.48. The van der Waals surface area contributed by atoms with Gasteiger partial charge >= 0.3 is 0 Å². The molecule has 0 fully saturated rings. The number of benzene rings is 1. The molecule has 0 saturated carbocycles. The fraction of sp³-hybridized carbons (Fsp3) is 0.364. The van der Waals surface area contributed by atoms with Crippen molar-refractivity contribution in [2.45, 2.75) is 19.1 Å². The van der Waals surface area contributed by atoms with Gasteiger partial charge in [-0.1, -0.05) is 30.3 Å². The number of nitrogens with one attached hydrogen (secondary N) is 1. The molecule has 1 rings (SSSR count). The summed E-state index contributed by atoms with van der Waals surface area (Å²) in [5.41, 5.74) is 5.95. The van der Waals surface area contributed by atoms with E-state index in [-0.39, 0.29) is 18.5 Å². The number of nitrogens with two attached hydrogens (primary N) is 1. The van der Waals surface area contributed by atoms with Crippen LogP contribution in [0.1, 0.15) is 18.6 Å². The van der Waals surface area contributed by atoms with Gasteiger partial charge in [-0.15, -0.1) is 0 Å². The fourth-order valence-electron chi connectivity index (χ4n) is 1.33. The summed E-state index contributed by atoms with van der Waals surface area (Å²) < 4.78 is 0. The average molecular weight is 208 g/mol. The predicted octanol–water partition coefficient (Wildman–Crippen LogP) is 0.183. The van der Waals surface area contributed by atoms with Gasteiger partial charge in [0.15, 0.2) is 0 Å². The minimum absolute atomic E-state index is 0.0636. The molecule has 1 aromatic rings. The molecule has 0 aliphatic rings. The van der Waals surface area contributed by atoms with E-state index in [1.165, 1.54) is 0 Å². The van der Waals surface area contributed by atoms with Crippen LogP contribution in [-0.4, -0.2) is 23.6 Å². The quantitative estimate of drug-likeness (QED) is 0.661. The summed E-state index contributed by atoms with van der Waals surface area (Å²) in [7, 11) is 0. The van der Waals surface area contributed by atoms with Crippen LogP contribution in [0.5, 0.6) is 0 Å². The summed E-state index contributed by atoms with van der Waals surface area (Å²) in [5.74, 6) is -0.266. The Morgan fingerprint density at radius 3 is 2.60 bits per heavy atom. The highest BCUT2D eigenvalue weighted by Crippen LogP contribution is 2.15. The van der Waals surface area contributed by atoms with Crippen molar-refractivity contribution in [3.63, 3.8) is 0 Å². The maximum Gasteiger partial charge on any atom is 0.234 e. The topological polar surface area (TPSA) is 75.4 Å². The summed E-state index contributed by atoms with van der Waals surface area (Å²) >= 11 is 0. The van der Waals surface area contributed by atoms with Gasteiger partial charge in [-0.3, -0.25) is 4.79 Å². The Morgan fingerprint density at radius 2 is 2.07 bits per heavy atom. The molecule has 1 aromatic carbocycles. The molecule has 4 heteroatoms. The second-order valence-corrected chi connectivity index (χ2v) is 3.42. The van der Waals surface area contributed by atoms with E-state index < -0.39 is 6.10 Å². The SMILES string of the molecule is C[C@@H](NC(=O)CN)[C@H](O)c1ccccc1. The number of carbonyl (C=O) groups excluding carboxylic acids is 1. The zero-order valence-electron chi connectivity index (χ0n) is 8.68. The normalized spacial score (nSPS) is 14.3. The summed E-state index contributed by atoms with van der Waals surface area (Å²) in [6, 6.07) is 8.85. The van der Waals surface area contributed by atoms with E-state index in [0.717, 1.165) is 5.56 Å². The summed E-state index contributed by atoms with van der Waals surface area (Å²) in [4.78, 5) is 11.0. The first-order chi connectivity index (χ1) is 7.15. The smallest absolute Gasteiger partial charge is 0.234 e.